The number of rotatable bonds is 9. The third kappa shape index (κ3) is 6.87. The van der Waals surface area contributed by atoms with Gasteiger partial charge < -0.3 is 28.1 Å². The molecule has 0 atom stereocenters. The zero-order valence-electron chi connectivity index (χ0n) is 25.5. The minimum absolute atomic E-state index is 0.0245. The van der Waals surface area contributed by atoms with Gasteiger partial charge in [-0.05, 0) is 80.4 Å². The van der Waals surface area contributed by atoms with Crippen LogP contribution in [0.1, 0.15) is 41.4 Å². The minimum atomic E-state index is -5.10. The van der Waals surface area contributed by atoms with Gasteiger partial charge in [0.15, 0.2) is 11.5 Å². The Labute approximate surface area is 267 Å². The Morgan fingerprint density at radius 3 is 2.13 bits per heavy atom. The first kappa shape index (κ1) is 33.0. The van der Waals surface area contributed by atoms with Crippen LogP contribution < -0.4 is 29.1 Å². The molecule has 1 fully saturated rings. The van der Waals surface area contributed by atoms with Gasteiger partial charge in [0.05, 0.1) is 37.8 Å². The van der Waals surface area contributed by atoms with Crippen molar-refractivity contribution in [2.45, 2.75) is 32.5 Å². The molecule has 244 valence electrons. The van der Waals surface area contributed by atoms with Gasteiger partial charge in [-0.1, -0.05) is 18.5 Å². The average molecular weight is 662 g/mol. The summed E-state index contributed by atoms with van der Waals surface area (Å²) in [6, 6.07) is 10.9. The van der Waals surface area contributed by atoms with Crippen LogP contribution in [0.4, 0.5) is 13.2 Å². The number of carbonyl (C=O) groups excluding carboxylic acids is 1. The van der Waals surface area contributed by atoms with Crippen LogP contribution in [0.15, 0.2) is 57.7 Å². The van der Waals surface area contributed by atoms with Crippen molar-refractivity contribution in [2.24, 2.45) is 5.92 Å². The second-order valence-electron chi connectivity index (χ2n) is 10.8. The number of methoxy groups -OCH3 is 3. The lowest BCUT2D eigenvalue weighted by Gasteiger charge is -2.30. The number of halogens is 4. The summed E-state index contributed by atoms with van der Waals surface area (Å²) in [6.07, 6.45) is -3.37. The summed E-state index contributed by atoms with van der Waals surface area (Å²) in [4.78, 5) is 29.1. The van der Waals surface area contributed by atoms with Crippen molar-refractivity contribution in [3.63, 3.8) is 0 Å². The highest BCUT2D eigenvalue weighted by Gasteiger charge is 2.41. The zero-order chi connectivity index (χ0) is 33.2. The van der Waals surface area contributed by atoms with Crippen LogP contribution in [0, 0.1) is 5.92 Å². The Hall–Kier alpha value is -4.42. The fourth-order valence-corrected chi connectivity index (χ4v) is 5.35. The van der Waals surface area contributed by atoms with Crippen LogP contribution in [-0.2, 0) is 12.7 Å². The van der Waals surface area contributed by atoms with E-state index in [2.05, 4.69) is 6.92 Å². The van der Waals surface area contributed by atoms with Gasteiger partial charge in [-0.15, -0.1) is 0 Å². The standard InChI is InChI=1S/C33H31ClF3NO8/c1-18-11-13-38(14-12-18)17-23-24(45-32(40)19-15-25(41-2)29(43-4)26(16-19)42-3)10-9-22-27(39)30(31(33(35,36)37)46-28(22)23)44-21-7-5-20(34)6-8-21/h5-10,15-16,18H,11-14,17H2,1-4H3. The lowest BCUT2D eigenvalue weighted by Crippen LogP contribution is -2.32. The Morgan fingerprint density at radius 2 is 1.57 bits per heavy atom. The van der Waals surface area contributed by atoms with Gasteiger partial charge in [-0.2, -0.15) is 13.2 Å². The molecule has 0 unspecified atom stereocenters. The molecule has 2 heterocycles. The molecule has 1 aromatic heterocycles. The largest absolute Gasteiger partial charge is 0.493 e. The maximum absolute atomic E-state index is 14.4. The smallest absolute Gasteiger partial charge is 0.453 e. The van der Waals surface area contributed by atoms with E-state index in [1.807, 2.05) is 4.90 Å². The molecular formula is C33H31ClF3NO8. The second kappa shape index (κ2) is 13.5. The first-order chi connectivity index (χ1) is 21.9. The molecule has 0 saturated carbocycles. The molecule has 46 heavy (non-hydrogen) atoms. The number of likely N-dealkylation sites (tertiary alicyclic amines) is 1. The van der Waals surface area contributed by atoms with E-state index in [0.717, 1.165) is 12.8 Å². The normalized spacial score (nSPS) is 14.3. The second-order valence-corrected chi connectivity index (χ2v) is 11.3. The Morgan fingerprint density at radius 1 is 0.935 bits per heavy atom. The molecule has 5 rings (SSSR count). The lowest BCUT2D eigenvalue weighted by molar-refractivity contribution is -0.154. The first-order valence-corrected chi connectivity index (χ1v) is 14.7. The van der Waals surface area contributed by atoms with Crippen molar-refractivity contribution in [3.8, 4) is 34.5 Å². The van der Waals surface area contributed by atoms with E-state index in [1.165, 1.54) is 69.9 Å². The summed E-state index contributed by atoms with van der Waals surface area (Å²) < 4.78 is 76.0. The van der Waals surface area contributed by atoms with Gasteiger partial charge in [0, 0.05) is 11.6 Å². The molecule has 1 aliphatic rings. The molecular weight excluding hydrogens is 631 g/mol. The zero-order valence-corrected chi connectivity index (χ0v) is 26.2. The number of nitrogens with zero attached hydrogens (tertiary/aromatic N) is 1. The first-order valence-electron chi connectivity index (χ1n) is 14.3. The number of carbonyl (C=O) groups is 1. The van der Waals surface area contributed by atoms with E-state index in [1.54, 1.807) is 0 Å². The van der Waals surface area contributed by atoms with E-state index < -0.39 is 29.1 Å². The van der Waals surface area contributed by atoms with Crippen LogP contribution in [0.25, 0.3) is 11.0 Å². The highest BCUT2D eigenvalue weighted by Crippen LogP contribution is 2.42. The number of hydrogen-bond donors (Lipinski definition) is 0. The average Bonchev–Trinajstić information content (AvgIpc) is 3.03. The molecule has 1 saturated heterocycles. The molecule has 4 aromatic rings. The third-order valence-corrected chi connectivity index (χ3v) is 7.98. The molecule has 0 spiro atoms. The van der Waals surface area contributed by atoms with Crippen LogP contribution in [-0.4, -0.2) is 45.3 Å². The summed E-state index contributed by atoms with van der Waals surface area (Å²) in [6.45, 7) is 3.47. The van der Waals surface area contributed by atoms with Gasteiger partial charge in [0.2, 0.25) is 16.9 Å². The maximum atomic E-state index is 14.4. The van der Waals surface area contributed by atoms with Crippen LogP contribution in [0.3, 0.4) is 0 Å². The SMILES string of the molecule is COc1cc(C(=O)Oc2ccc3c(=O)c(Oc4ccc(Cl)cc4)c(C(F)(F)F)oc3c2CN2CCC(C)CC2)cc(OC)c1OC. The molecule has 0 amide bonds. The summed E-state index contributed by atoms with van der Waals surface area (Å²) in [5, 5.41) is 0.157. The van der Waals surface area contributed by atoms with Gasteiger partial charge in [-0.25, -0.2) is 4.79 Å². The Kier molecular flexibility index (Phi) is 9.68. The van der Waals surface area contributed by atoms with E-state index in [9.17, 15) is 22.8 Å². The third-order valence-electron chi connectivity index (χ3n) is 7.73. The molecule has 0 radical (unpaired) electrons. The fourth-order valence-electron chi connectivity index (χ4n) is 5.23. The maximum Gasteiger partial charge on any atom is 0.453 e. The van der Waals surface area contributed by atoms with Crippen molar-refractivity contribution in [1.29, 1.82) is 0 Å². The molecule has 3 aromatic carbocycles. The predicted molar refractivity (Wildman–Crippen MR) is 164 cm³/mol. The fraction of sp³-hybridized carbons (Fsp3) is 0.333. The van der Waals surface area contributed by atoms with Crippen LogP contribution >= 0.6 is 11.6 Å². The van der Waals surface area contributed by atoms with Gasteiger partial charge >= 0.3 is 12.1 Å². The predicted octanol–water partition coefficient (Wildman–Crippen LogP) is 7.73. The number of esters is 1. The lowest BCUT2D eigenvalue weighted by atomic mass is 9.98. The summed E-state index contributed by atoms with van der Waals surface area (Å²) in [5.41, 5.74) is -1.28. The van der Waals surface area contributed by atoms with Crippen LogP contribution in [0.2, 0.25) is 5.02 Å². The van der Waals surface area contributed by atoms with Gasteiger partial charge in [-0.3, -0.25) is 9.69 Å². The summed E-state index contributed by atoms with van der Waals surface area (Å²) in [5.74, 6) is -2.49. The van der Waals surface area contributed by atoms with E-state index in [4.69, 9.17) is 39.7 Å². The molecule has 9 nitrogen and oxygen atoms in total. The molecule has 0 aliphatic carbocycles. The van der Waals surface area contributed by atoms with Gasteiger partial charge in [0.1, 0.15) is 17.1 Å². The quantitative estimate of drug-likeness (QED) is 0.132. The highest BCUT2D eigenvalue weighted by molar-refractivity contribution is 6.30. The number of ether oxygens (including phenoxy) is 5. The van der Waals surface area contributed by atoms with Crippen LogP contribution in [0.5, 0.6) is 34.5 Å². The molecule has 1 aliphatic heterocycles. The van der Waals surface area contributed by atoms with Crippen molar-refractivity contribution in [1.82, 2.24) is 4.90 Å². The van der Waals surface area contributed by atoms with Gasteiger partial charge in [0.25, 0.3) is 5.76 Å². The topological polar surface area (TPSA) is 96.7 Å². The van der Waals surface area contributed by atoms with E-state index >= 15 is 0 Å². The van der Waals surface area contributed by atoms with Crippen molar-refractivity contribution in [2.75, 3.05) is 34.4 Å². The van der Waals surface area contributed by atoms with E-state index in [0.29, 0.717) is 24.0 Å². The molecule has 0 bridgehead atoms. The van der Waals surface area contributed by atoms with Crippen molar-refractivity contribution >= 4 is 28.5 Å². The molecule has 0 N–H and O–H groups in total. The number of piperidine rings is 1. The summed E-state index contributed by atoms with van der Waals surface area (Å²) in [7, 11) is 4.19. The number of alkyl halides is 3. The minimum Gasteiger partial charge on any atom is -0.493 e. The van der Waals surface area contributed by atoms with E-state index in [-0.39, 0.29) is 57.4 Å². The number of benzene rings is 3. The summed E-state index contributed by atoms with van der Waals surface area (Å²) >= 11 is 5.89. The van der Waals surface area contributed by atoms with Crippen molar-refractivity contribution < 1.29 is 46.1 Å². The van der Waals surface area contributed by atoms with Crippen molar-refractivity contribution in [3.05, 3.63) is 80.7 Å². The molecule has 13 heteroatoms. The number of fused-ring (bicyclic) bond motifs is 1. The number of hydrogen-bond acceptors (Lipinski definition) is 9. The Balaban J connectivity index is 1.65. The monoisotopic (exact) mass is 661 g/mol. The highest BCUT2D eigenvalue weighted by atomic mass is 35.5. The Bertz CT molecular complexity index is 1770.